The third kappa shape index (κ3) is 4.05. The van der Waals surface area contributed by atoms with Crippen LogP contribution in [0.1, 0.15) is 49.0 Å². The molecule has 1 amide bonds. The Labute approximate surface area is 149 Å². The van der Waals surface area contributed by atoms with Gasteiger partial charge in [-0.15, -0.1) is 10.2 Å². The quantitative estimate of drug-likeness (QED) is 0.905. The van der Waals surface area contributed by atoms with Crippen LogP contribution in [0.2, 0.25) is 0 Å². The van der Waals surface area contributed by atoms with E-state index in [0.29, 0.717) is 18.5 Å². The van der Waals surface area contributed by atoms with Gasteiger partial charge in [-0.05, 0) is 18.1 Å². The van der Waals surface area contributed by atoms with E-state index >= 15 is 0 Å². The Morgan fingerprint density at radius 3 is 2.81 bits per heavy atom. The Morgan fingerprint density at radius 2 is 2.12 bits per heavy atom. The van der Waals surface area contributed by atoms with Gasteiger partial charge in [-0.3, -0.25) is 4.79 Å². The van der Waals surface area contributed by atoms with Gasteiger partial charge in [-0.25, -0.2) is 0 Å². The van der Waals surface area contributed by atoms with Crippen molar-refractivity contribution in [3.63, 3.8) is 0 Å². The van der Waals surface area contributed by atoms with Crippen molar-refractivity contribution in [1.29, 1.82) is 0 Å². The monoisotopic (exact) mass is 366 g/mol. The second-order valence-electron chi connectivity index (χ2n) is 6.92. The number of aromatic nitrogens is 3. The molecule has 0 saturated heterocycles. The Kier molecular flexibility index (Phi) is 5.02. The number of rotatable bonds is 4. The van der Waals surface area contributed by atoms with Crippen LogP contribution in [-0.4, -0.2) is 26.7 Å². The second kappa shape index (κ2) is 7.09. The van der Waals surface area contributed by atoms with E-state index < -0.39 is 11.7 Å². The highest BCUT2D eigenvalue weighted by atomic mass is 19.4. The molecule has 140 valence electrons. The van der Waals surface area contributed by atoms with Gasteiger partial charge in [0.25, 0.3) is 0 Å². The van der Waals surface area contributed by atoms with Gasteiger partial charge in [-0.1, -0.05) is 32.0 Å². The minimum Gasteiger partial charge on any atom is -0.351 e. The number of fused-ring (bicyclic) bond motifs is 1. The van der Waals surface area contributed by atoms with Crippen LogP contribution in [-0.2, 0) is 30.4 Å². The summed E-state index contributed by atoms with van der Waals surface area (Å²) in [6, 6.07) is 4.81. The van der Waals surface area contributed by atoms with Crippen LogP contribution in [0.3, 0.4) is 0 Å². The Bertz CT molecular complexity index is 798. The number of halogens is 3. The fourth-order valence-corrected chi connectivity index (χ4v) is 3.21. The fraction of sp³-hybridized carbons (Fsp3) is 0.500. The van der Waals surface area contributed by atoms with Crippen LogP contribution in [0.15, 0.2) is 24.3 Å². The molecule has 2 aromatic rings. The summed E-state index contributed by atoms with van der Waals surface area (Å²) in [6.45, 7) is 4.66. The van der Waals surface area contributed by atoms with Gasteiger partial charge in [0.15, 0.2) is 0 Å². The minimum absolute atomic E-state index is 0.0747. The number of nitrogens with zero attached hydrogens (tertiary/aromatic N) is 3. The zero-order valence-corrected chi connectivity index (χ0v) is 14.7. The van der Waals surface area contributed by atoms with Gasteiger partial charge < -0.3 is 9.88 Å². The van der Waals surface area contributed by atoms with E-state index in [1.807, 2.05) is 18.4 Å². The zero-order chi connectivity index (χ0) is 18.9. The number of benzene rings is 1. The molecule has 0 saturated carbocycles. The third-order valence-electron chi connectivity index (χ3n) is 4.48. The molecule has 1 aliphatic heterocycles. The average Bonchev–Trinajstić information content (AvgIpc) is 2.97. The van der Waals surface area contributed by atoms with E-state index in [1.165, 1.54) is 12.1 Å². The van der Waals surface area contributed by atoms with Crippen molar-refractivity contribution in [2.45, 2.75) is 57.8 Å². The highest BCUT2D eigenvalue weighted by Gasteiger charge is 2.30. The van der Waals surface area contributed by atoms with E-state index in [-0.39, 0.29) is 24.3 Å². The first kappa shape index (κ1) is 18.4. The lowest BCUT2D eigenvalue weighted by atomic mass is 10.0. The fourth-order valence-electron chi connectivity index (χ4n) is 3.21. The molecule has 0 aliphatic carbocycles. The molecule has 1 aromatic carbocycles. The molecule has 3 rings (SSSR count). The number of alkyl halides is 3. The first-order chi connectivity index (χ1) is 12.2. The molecule has 5 nitrogen and oxygen atoms in total. The van der Waals surface area contributed by atoms with E-state index in [0.717, 1.165) is 30.2 Å². The molecular formula is C18H21F3N4O. The van der Waals surface area contributed by atoms with Crippen LogP contribution in [0.25, 0.3) is 0 Å². The van der Waals surface area contributed by atoms with Crippen molar-refractivity contribution < 1.29 is 18.0 Å². The highest BCUT2D eigenvalue weighted by Crippen LogP contribution is 2.29. The molecule has 1 aromatic heterocycles. The number of hydrogen-bond donors (Lipinski definition) is 1. The number of nitrogens with one attached hydrogen (secondary N) is 1. The standard InChI is InChI=1S/C18H21F3N4O/c1-11(2)17-24-23-15-7-6-14(10-25(15)17)22-16(26)9-12-4-3-5-13(8-12)18(19,20)21/h3-5,8,11,14H,6-7,9-10H2,1-2H3,(H,22,26)/t14-/m0/s1. The minimum atomic E-state index is -4.41. The Balaban J connectivity index is 1.63. The predicted molar refractivity (Wildman–Crippen MR) is 89.5 cm³/mol. The van der Waals surface area contributed by atoms with Crippen molar-refractivity contribution >= 4 is 5.91 Å². The molecular weight excluding hydrogens is 345 g/mol. The van der Waals surface area contributed by atoms with Crippen LogP contribution in [0, 0.1) is 0 Å². The predicted octanol–water partition coefficient (Wildman–Crippen LogP) is 3.09. The Hall–Kier alpha value is -2.38. The summed E-state index contributed by atoms with van der Waals surface area (Å²) >= 11 is 0. The number of carbonyl (C=O) groups excluding carboxylic acids is 1. The highest BCUT2D eigenvalue weighted by molar-refractivity contribution is 5.78. The zero-order valence-electron chi connectivity index (χ0n) is 14.7. The normalized spacial score (nSPS) is 17.2. The molecule has 26 heavy (non-hydrogen) atoms. The van der Waals surface area contributed by atoms with Crippen molar-refractivity contribution in [3.05, 3.63) is 47.0 Å². The number of amides is 1. The molecule has 0 radical (unpaired) electrons. The van der Waals surface area contributed by atoms with Crippen molar-refractivity contribution in [2.75, 3.05) is 0 Å². The number of aryl methyl sites for hydroxylation is 1. The lowest BCUT2D eigenvalue weighted by Crippen LogP contribution is -2.42. The molecule has 0 fully saturated rings. The van der Waals surface area contributed by atoms with Gasteiger partial charge in [0.05, 0.1) is 12.0 Å². The summed E-state index contributed by atoms with van der Waals surface area (Å²) in [5.41, 5.74) is -0.392. The Morgan fingerprint density at radius 1 is 1.35 bits per heavy atom. The van der Waals surface area contributed by atoms with Crippen molar-refractivity contribution in [2.24, 2.45) is 0 Å². The SMILES string of the molecule is CC(C)c1nnc2n1C[C@@H](NC(=O)Cc1cccc(C(F)(F)F)c1)CC2. The van der Waals surface area contributed by atoms with E-state index in [4.69, 9.17) is 0 Å². The van der Waals surface area contributed by atoms with Crippen LogP contribution in [0.4, 0.5) is 13.2 Å². The van der Waals surface area contributed by atoms with Gasteiger partial charge in [0, 0.05) is 24.9 Å². The molecule has 1 atom stereocenters. The molecule has 0 spiro atoms. The van der Waals surface area contributed by atoms with Gasteiger partial charge in [0.1, 0.15) is 11.6 Å². The van der Waals surface area contributed by atoms with Crippen LogP contribution < -0.4 is 5.32 Å². The molecule has 8 heteroatoms. The topological polar surface area (TPSA) is 59.8 Å². The van der Waals surface area contributed by atoms with Crippen LogP contribution in [0.5, 0.6) is 0 Å². The first-order valence-corrected chi connectivity index (χ1v) is 8.61. The van der Waals surface area contributed by atoms with Crippen molar-refractivity contribution in [1.82, 2.24) is 20.1 Å². The van der Waals surface area contributed by atoms with E-state index in [1.54, 1.807) is 0 Å². The number of hydrogen-bond acceptors (Lipinski definition) is 3. The molecule has 0 unspecified atom stereocenters. The molecule has 1 aliphatic rings. The van der Waals surface area contributed by atoms with Crippen molar-refractivity contribution in [3.8, 4) is 0 Å². The second-order valence-corrected chi connectivity index (χ2v) is 6.92. The third-order valence-corrected chi connectivity index (χ3v) is 4.48. The lowest BCUT2D eigenvalue weighted by Gasteiger charge is -2.26. The smallest absolute Gasteiger partial charge is 0.351 e. The summed E-state index contributed by atoms with van der Waals surface area (Å²) in [7, 11) is 0. The van der Waals surface area contributed by atoms with E-state index in [9.17, 15) is 18.0 Å². The van der Waals surface area contributed by atoms with Crippen LogP contribution >= 0.6 is 0 Å². The summed E-state index contributed by atoms with van der Waals surface area (Å²) in [5.74, 6) is 1.75. The lowest BCUT2D eigenvalue weighted by molar-refractivity contribution is -0.137. The summed E-state index contributed by atoms with van der Waals surface area (Å²) in [6.07, 6.45) is -3.03. The first-order valence-electron chi connectivity index (χ1n) is 8.61. The van der Waals surface area contributed by atoms with E-state index in [2.05, 4.69) is 15.5 Å². The summed E-state index contributed by atoms with van der Waals surface area (Å²) in [5, 5.41) is 11.3. The van der Waals surface area contributed by atoms with Gasteiger partial charge in [0.2, 0.25) is 5.91 Å². The molecule has 2 heterocycles. The number of carbonyl (C=O) groups is 1. The molecule has 0 bridgehead atoms. The average molecular weight is 366 g/mol. The largest absolute Gasteiger partial charge is 0.416 e. The molecule has 1 N–H and O–H groups in total. The summed E-state index contributed by atoms with van der Waals surface area (Å²) in [4.78, 5) is 12.3. The summed E-state index contributed by atoms with van der Waals surface area (Å²) < 4.78 is 40.4. The maximum atomic E-state index is 12.8. The maximum absolute atomic E-state index is 12.8. The maximum Gasteiger partial charge on any atom is 0.416 e. The van der Waals surface area contributed by atoms with Gasteiger partial charge in [-0.2, -0.15) is 13.2 Å². The van der Waals surface area contributed by atoms with Gasteiger partial charge >= 0.3 is 6.18 Å².